The van der Waals surface area contributed by atoms with E-state index in [1.165, 1.54) is 6.42 Å². The van der Waals surface area contributed by atoms with Gasteiger partial charge in [0.1, 0.15) is 17.5 Å². The number of benzene rings is 2. The number of amides is 2. The van der Waals surface area contributed by atoms with Crippen molar-refractivity contribution in [3.05, 3.63) is 65.9 Å². The van der Waals surface area contributed by atoms with Crippen molar-refractivity contribution in [1.29, 1.82) is 0 Å². The number of nitrogens with zero attached hydrogens (tertiary/aromatic N) is 2. The second-order valence-electron chi connectivity index (χ2n) is 9.69. The molecule has 2 aromatic carbocycles. The van der Waals surface area contributed by atoms with Gasteiger partial charge in [0.25, 0.3) is 5.91 Å². The van der Waals surface area contributed by atoms with Crippen molar-refractivity contribution >= 4 is 22.7 Å². The molecule has 178 valence electrons. The first-order valence-corrected chi connectivity index (χ1v) is 12.4. The minimum absolute atomic E-state index is 0.0455. The molecule has 2 aliphatic rings. The van der Waals surface area contributed by atoms with Crippen molar-refractivity contribution in [2.75, 3.05) is 13.7 Å². The molecular weight excluding hydrogens is 426 g/mol. The van der Waals surface area contributed by atoms with Crippen LogP contribution in [0.1, 0.15) is 61.0 Å². The fourth-order valence-corrected chi connectivity index (χ4v) is 5.46. The number of aromatic nitrogens is 1. The number of fused-ring (bicyclic) bond motifs is 3. The van der Waals surface area contributed by atoms with Gasteiger partial charge in [-0.05, 0) is 42.5 Å². The van der Waals surface area contributed by atoms with Crippen molar-refractivity contribution in [3.63, 3.8) is 0 Å². The SMILES string of the molecule is COc1ccc2cc3n(c2c1)CC(C(=O)NC1CCCCC1)N(CC(C)c1ccccc1)C3=O. The Kier molecular flexibility index (Phi) is 6.31. The molecule has 0 radical (unpaired) electrons. The predicted molar refractivity (Wildman–Crippen MR) is 133 cm³/mol. The van der Waals surface area contributed by atoms with Crippen LogP contribution in [0.5, 0.6) is 5.75 Å². The van der Waals surface area contributed by atoms with Gasteiger partial charge in [0.05, 0.1) is 19.2 Å². The Morgan fingerprint density at radius 2 is 1.85 bits per heavy atom. The fourth-order valence-electron chi connectivity index (χ4n) is 5.46. The molecule has 5 rings (SSSR count). The smallest absolute Gasteiger partial charge is 0.271 e. The minimum atomic E-state index is -0.546. The summed E-state index contributed by atoms with van der Waals surface area (Å²) in [5.41, 5.74) is 2.72. The topological polar surface area (TPSA) is 63.6 Å². The first-order valence-electron chi connectivity index (χ1n) is 12.4. The van der Waals surface area contributed by atoms with Gasteiger partial charge < -0.3 is 19.5 Å². The largest absolute Gasteiger partial charge is 0.497 e. The third-order valence-electron chi connectivity index (χ3n) is 7.42. The first-order chi connectivity index (χ1) is 16.5. The maximum absolute atomic E-state index is 13.8. The van der Waals surface area contributed by atoms with E-state index in [0.29, 0.717) is 18.8 Å². The second-order valence-corrected chi connectivity index (χ2v) is 9.69. The molecule has 2 heterocycles. The monoisotopic (exact) mass is 459 g/mol. The third-order valence-corrected chi connectivity index (χ3v) is 7.42. The number of hydrogen-bond acceptors (Lipinski definition) is 3. The van der Waals surface area contributed by atoms with Crippen LogP contribution in [0.4, 0.5) is 0 Å². The Morgan fingerprint density at radius 3 is 2.59 bits per heavy atom. The van der Waals surface area contributed by atoms with Crippen molar-refractivity contribution in [1.82, 2.24) is 14.8 Å². The average Bonchev–Trinajstić information content (AvgIpc) is 3.24. The summed E-state index contributed by atoms with van der Waals surface area (Å²) < 4.78 is 7.41. The molecule has 6 heteroatoms. The van der Waals surface area contributed by atoms with Crippen molar-refractivity contribution in [2.45, 2.75) is 63.6 Å². The van der Waals surface area contributed by atoms with E-state index < -0.39 is 6.04 Å². The maximum atomic E-state index is 13.8. The molecule has 6 nitrogen and oxygen atoms in total. The normalized spacial score (nSPS) is 19.6. The summed E-state index contributed by atoms with van der Waals surface area (Å²) in [7, 11) is 1.64. The number of carbonyl (C=O) groups is 2. The molecule has 2 unspecified atom stereocenters. The molecule has 34 heavy (non-hydrogen) atoms. The first kappa shape index (κ1) is 22.5. The molecule has 3 aromatic rings. The van der Waals surface area contributed by atoms with Crippen molar-refractivity contribution < 1.29 is 14.3 Å². The van der Waals surface area contributed by atoms with Gasteiger partial charge >= 0.3 is 0 Å². The lowest BCUT2D eigenvalue weighted by Gasteiger charge is -2.38. The summed E-state index contributed by atoms with van der Waals surface area (Å²) in [4.78, 5) is 29.2. The number of rotatable bonds is 6. The van der Waals surface area contributed by atoms with Crippen LogP contribution in [0.3, 0.4) is 0 Å². The Morgan fingerprint density at radius 1 is 1.09 bits per heavy atom. The molecule has 0 bridgehead atoms. The molecule has 0 spiro atoms. The van der Waals surface area contributed by atoms with E-state index in [1.54, 1.807) is 12.0 Å². The van der Waals surface area contributed by atoms with Gasteiger partial charge in [0, 0.05) is 24.0 Å². The van der Waals surface area contributed by atoms with Gasteiger partial charge in [0.15, 0.2) is 0 Å². The third kappa shape index (κ3) is 4.29. The van der Waals surface area contributed by atoms with Crippen LogP contribution in [-0.4, -0.2) is 47.0 Å². The summed E-state index contributed by atoms with van der Waals surface area (Å²) in [6.45, 7) is 3.06. The molecule has 0 saturated heterocycles. The van der Waals surface area contributed by atoms with Crippen LogP contribution in [0.2, 0.25) is 0 Å². The summed E-state index contributed by atoms with van der Waals surface area (Å²) >= 11 is 0. The van der Waals surface area contributed by atoms with Gasteiger partial charge in [0.2, 0.25) is 5.91 Å². The second kappa shape index (κ2) is 9.53. The van der Waals surface area contributed by atoms with E-state index >= 15 is 0 Å². The molecule has 1 N–H and O–H groups in total. The van der Waals surface area contributed by atoms with Crippen LogP contribution in [0, 0.1) is 0 Å². The number of hydrogen-bond donors (Lipinski definition) is 1. The molecule has 1 saturated carbocycles. The molecule has 1 aliphatic heterocycles. The standard InChI is InChI=1S/C28H33N3O3/c1-19(20-9-5-3-6-10-20)17-31-26(27(32)29-22-11-7-4-8-12-22)18-30-24-16-23(34-2)14-13-21(24)15-25(30)28(31)33/h3,5-6,9-10,13-16,19,22,26H,4,7-8,11-12,17-18H2,1-2H3,(H,29,32). The number of nitrogens with one attached hydrogen (secondary N) is 1. The van der Waals surface area contributed by atoms with E-state index in [4.69, 9.17) is 4.74 Å². The summed E-state index contributed by atoms with van der Waals surface area (Å²) in [6, 6.07) is 17.6. The Bertz CT molecular complexity index is 1180. The van der Waals surface area contributed by atoms with Gasteiger partial charge in [-0.25, -0.2) is 0 Å². The van der Waals surface area contributed by atoms with Crippen LogP contribution in [-0.2, 0) is 11.3 Å². The average molecular weight is 460 g/mol. The zero-order valence-corrected chi connectivity index (χ0v) is 20.0. The van der Waals surface area contributed by atoms with Crippen LogP contribution < -0.4 is 10.1 Å². The zero-order chi connectivity index (χ0) is 23.7. The zero-order valence-electron chi connectivity index (χ0n) is 20.0. The minimum Gasteiger partial charge on any atom is -0.497 e. The molecule has 2 amide bonds. The van der Waals surface area contributed by atoms with E-state index in [1.807, 2.05) is 47.0 Å². The Hall–Kier alpha value is -3.28. The van der Waals surface area contributed by atoms with E-state index in [-0.39, 0.29) is 23.8 Å². The quantitative estimate of drug-likeness (QED) is 0.580. The molecule has 1 aromatic heterocycles. The van der Waals surface area contributed by atoms with Crippen LogP contribution in [0.15, 0.2) is 54.6 Å². The maximum Gasteiger partial charge on any atom is 0.271 e. The lowest BCUT2D eigenvalue weighted by Crippen LogP contribution is -2.57. The highest BCUT2D eigenvalue weighted by molar-refractivity contribution is 6.02. The Labute approximate surface area is 200 Å². The van der Waals surface area contributed by atoms with Gasteiger partial charge in [-0.2, -0.15) is 0 Å². The molecule has 2 atom stereocenters. The highest BCUT2D eigenvalue weighted by Crippen LogP contribution is 2.31. The van der Waals surface area contributed by atoms with E-state index in [0.717, 1.165) is 47.9 Å². The number of ether oxygens (including phenoxy) is 1. The van der Waals surface area contributed by atoms with Gasteiger partial charge in [-0.3, -0.25) is 9.59 Å². The van der Waals surface area contributed by atoms with Crippen molar-refractivity contribution in [3.8, 4) is 5.75 Å². The summed E-state index contributed by atoms with van der Waals surface area (Å²) in [5.74, 6) is 0.722. The van der Waals surface area contributed by atoms with Gasteiger partial charge in [-0.15, -0.1) is 0 Å². The highest BCUT2D eigenvalue weighted by atomic mass is 16.5. The summed E-state index contributed by atoms with van der Waals surface area (Å²) in [5, 5.41) is 4.26. The molecule has 1 fully saturated rings. The lowest BCUT2D eigenvalue weighted by atomic mass is 9.95. The van der Waals surface area contributed by atoms with Crippen molar-refractivity contribution in [2.24, 2.45) is 0 Å². The van der Waals surface area contributed by atoms with Gasteiger partial charge in [-0.1, -0.05) is 56.5 Å². The van der Waals surface area contributed by atoms with Crippen LogP contribution in [0.25, 0.3) is 10.9 Å². The highest BCUT2D eigenvalue weighted by Gasteiger charge is 2.39. The van der Waals surface area contributed by atoms with Crippen LogP contribution >= 0.6 is 0 Å². The predicted octanol–water partition coefficient (Wildman–Crippen LogP) is 4.73. The summed E-state index contributed by atoms with van der Waals surface area (Å²) in [6.07, 6.45) is 5.56. The number of methoxy groups -OCH3 is 1. The Balaban J connectivity index is 1.49. The molecule has 1 aliphatic carbocycles. The molecular formula is C28H33N3O3. The fraction of sp³-hybridized carbons (Fsp3) is 0.429. The van der Waals surface area contributed by atoms with E-state index in [9.17, 15) is 9.59 Å². The number of carbonyl (C=O) groups excluding carboxylic acids is 2. The van der Waals surface area contributed by atoms with E-state index in [2.05, 4.69) is 24.4 Å². The lowest BCUT2D eigenvalue weighted by molar-refractivity contribution is -0.127.